The zero-order valence-corrected chi connectivity index (χ0v) is 5.13. The molecule has 1 rings (SSSR count). The number of hydrogen-bond acceptors (Lipinski definition) is 4. The van der Waals surface area contributed by atoms with Crippen LogP contribution in [0.1, 0.15) is 0 Å². The molecule has 0 atom stereocenters. The van der Waals surface area contributed by atoms with Gasteiger partial charge < -0.3 is 5.53 Å². The molecule has 0 amide bonds. The normalized spacial score (nSPS) is 21.2. The average Bonchev–Trinajstić information content (AvgIpc) is 1.27. The van der Waals surface area contributed by atoms with Crippen LogP contribution in [0.2, 0.25) is 0 Å². The molecule has 0 unspecified atom stereocenters. The van der Waals surface area contributed by atoms with E-state index in [1.54, 1.807) is 0 Å². The first-order valence-electron chi connectivity index (χ1n) is 1.23. The van der Waals surface area contributed by atoms with Crippen LogP contribution < -0.4 is 0 Å². The second kappa shape index (κ2) is 1.88. The molecule has 0 spiro atoms. The molecule has 0 aromatic rings. The van der Waals surface area contributed by atoms with Crippen molar-refractivity contribution in [3.8, 4) is 0 Å². The Hall–Kier alpha value is -0.344. The first-order valence-corrected chi connectivity index (χ1v) is 2.57. The van der Waals surface area contributed by atoms with E-state index in [0.717, 1.165) is 0 Å². The second-order valence-corrected chi connectivity index (χ2v) is 1.91. The van der Waals surface area contributed by atoms with Crippen molar-refractivity contribution in [2.75, 3.05) is 0 Å². The van der Waals surface area contributed by atoms with Crippen LogP contribution in [0.5, 0.6) is 0 Å². The fraction of sp³-hybridized carbons (Fsp3) is 0. The van der Waals surface area contributed by atoms with Gasteiger partial charge in [-0.1, -0.05) is 8.57 Å². The third-order valence-corrected chi connectivity index (χ3v) is 0.930. The standard InChI is InChI=1S/Co.N2O4S/c;1-2-5-7(3,4)6-2. The summed E-state index contributed by atoms with van der Waals surface area (Å²) in [5.41, 5.74) is 7.79. The maximum atomic E-state index is 9.65. The molecule has 49 valence electrons. The van der Waals surface area contributed by atoms with E-state index in [9.17, 15) is 8.42 Å². The van der Waals surface area contributed by atoms with Gasteiger partial charge in [0.25, 0.3) is 0 Å². The Morgan fingerprint density at radius 2 is 1.75 bits per heavy atom. The minimum atomic E-state index is -3.85. The Balaban J connectivity index is 0.000000490. The number of rotatable bonds is 0. The maximum Gasteiger partial charge on any atom is 0.611 e. The molecule has 0 saturated carbocycles. The summed E-state index contributed by atoms with van der Waals surface area (Å²) in [6.07, 6.45) is 0. The van der Waals surface area contributed by atoms with Crippen LogP contribution >= 0.6 is 0 Å². The van der Waals surface area contributed by atoms with Crippen LogP contribution in [-0.2, 0) is 35.7 Å². The molecule has 6 nitrogen and oxygen atoms in total. The number of nitrogens with zero attached hydrogens (tertiary/aromatic N) is 2. The van der Waals surface area contributed by atoms with Crippen molar-refractivity contribution in [2.24, 2.45) is 0 Å². The predicted octanol–water partition coefficient (Wildman–Crippen LogP) is -0.860. The van der Waals surface area contributed by atoms with Gasteiger partial charge in [0, 0.05) is 16.8 Å². The number of hydrogen-bond donors (Lipinski definition) is 0. The molecule has 0 aromatic heterocycles. The first-order chi connectivity index (χ1) is 3.10. The smallest absolute Gasteiger partial charge is 0.388 e. The Labute approximate surface area is 55.3 Å². The van der Waals surface area contributed by atoms with E-state index in [0.29, 0.717) is 0 Å². The molecule has 8 heavy (non-hydrogen) atoms. The van der Waals surface area contributed by atoms with Crippen LogP contribution in [0.25, 0.3) is 5.53 Å². The van der Waals surface area contributed by atoms with E-state index in [-0.39, 0.29) is 21.8 Å². The van der Waals surface area contributed by atoms with E-state index in [4.69, 9.17) is 5.53 Å². The van der Waals surface area contributed by atoms with Gasteiger partial charge in [-0.3, -0.25) is 0 Å². The second-order valence-electron chi connectivity index (χ2n) is 0.795. The van der Waals surface area contributed by atoms with Gasteiger partial charge in [0.15, 0.2) is 5.02 Å². The zero-order valence-electron chi connectivity index (χ0n) is 3.27. The Kier molecular flexibility index (Phi) is 1.79. The van der Waals surface area contributed by atoms with E-state index in [1.807, 2.05) is 0 Å². The van der Waals surface area contributed by atoms with Gasteiger partial charge in [-0.2, -0.15) is 0 Å². The van der Waals surface area contributed by atoms with E-state index in [1.165, 1.54) is 0 Å². The summed E-state index contributed by atoms with van der Waals surface area (Å²) in [6.45, 7) is 0. The van der Waals surface area contributed by atoms with Crippen molar-refractivity contribution >= 4 is 10.4 Å². The summed E-state index contributed by atoms with van der Waals surface area (Å²) >= 11 is 0. The fourth-order valence-corrected chi connectivity index (χ4v) is 0.485. The minimum absolute atomic E-state index is 0. The summed E-state index contributed by atoms with van der Waals surface area (Å²) in [6, 6.07) is 0. The largest absolute Gasteiger partial charge is 0.611 e. The summed E-state index contributed by atoms with van der Waals surface area (Å²) in [7, 11) is -3.85. The Morgan fingerprint density at radius 3 is 1.75 bits per heavy atom. The summed E-state index contributed by atoms with van der Waals surface area (Å²) in [5, 5.41) is -0.255. The third kappa shape index (κ3) is 1.32. The average molecular weight is 183 g/mol. The van der Waals surface area contributed by atoms with Gasteiger partial charge in [-0.25, -0.2) is 0 Å². The maximum absolute atomic E-state index is 9.65. The molecular weight excluding hydrogens is 183 g/mol. The third-order valence-electron chi connectivity index (χ3n) is 0.310. The van der Waals surface area contributed by atoms with Crippen molar-refractivity contribution < 1.29 is 38.8 Å². The molecule has 0 aliphatic carbocycles. The van der Waals surface area contributed by atoms with Gasteiger partial charge in [0.2, 0.25) is 0 Å². The van der Waals surface area contributed by atoms with Crippen molar-refractivity contribution in [3.63, 3.8) is 0 Å². The molecule has 0 N–H and O–H groups in total. The molecule has 0 bridgehead atoms. The minimum Gasteiger partial charge on any atom is -0.388 e. The molecule has 1 heterocycles. The summed E-state index contributed by atoms with van der Waals surface area (Å²) < 4.78 is 26.2. The quantitative estimate of drug-likeness (QED) is 0.489. The Bertz CT molecular complexity index is 178. The molecule has 1 fully saturated rings. The van der Waals surface area contributed by atoms with E-state index >= 15 is 0 Å². The van der Waals surface area contributed by atoms with E-state index in [2.05, 4.69) is 8.57 Å². The first kappa shape index (κ1) is 7.66. The molecule has 1 aliphatic rings. The van der Waals surface area contributed by atoms with Crippen LogP contribution in [0, 0.1) is 0 Å². The molecule has 1 radical (unpaired) electrons. The van der Waals surface area contributed by atoms with Crippen LogP contribution in [-0.4, -0.2) is 13.4 Å². The van der Waals surface area contributed by atoms with Crippen molar-refractivity contribution in [1.82, 2.24) is 0 Å². The molecule has 0 aromatic carbocycles. The van der Waals surface area contributed by atoms with Crippen LogP contribution in [0.15, 0.2) is 0 Å². The van der Waals surface area contributed by atoms with Gasteiger partial charge in [0.05, 0.1) is 0 Å². The van der Waals surface area contributed by atoms with Gasteiger partial charge in [-0.15, -0.1) is 8.42 Å². The summed E-state index contributed by atoms with van der Waals surface area (Å²) in [5.74, 6) is 0. The van der Waals surface area contributed by atoms with E-state index < -0.39 is 10.4 Å². The SMILES string of the molecule is [Co].[N-]=[N+]1OS(=O)(=O)O1. The van der Waals surface area contributed by atoms with Crippen molar-refractivity contribution in [3.05, 3.63) is 5.53 Å². The topological polar surface area (TPSA) is 77.9 Å². The van der Waals surface area contributed by atoms with Gasteiger partial charge in [0.1, 0.15) is 0 Å². The molecule has 1 saturated heterocycles. The monoisotopic (exact) mass is 183 g/mol. The fourth-order valence-electron chi connectivity index (χ4n) is 0.162. The zero-order chi connectivity index (χ0) is 5.49. The Morgan fingerprint density at radius 1 is 1.38 bits per heavy atom. The van der Waals surface area contributed by atoms with Gasteiger partial charge in [-0.05, 0) is 0 Å². The van der Waals surface area contributed by atoms with Crippen molar-refractivity contribution in [2.45, 2.75) is 0 Å². The van der Waals surface area contributed by atoms with Crippen LogP contribution in [0.3, 0.4) is 0 Å². The summed E-state index contributed by atoms with van der Waals surface area (Å²) in [4.78, 5) is 0. The molecular formula is CoN2O4S. The van der Waals surface area contributed by atoms with Gasteiger partial charge >= 0.3 is 10.4 Å². The molecule has 1 aliphatic heterocycles. The molecule has 8 heteroatoms. The predicted molar refractivity (Wildman–Crippen MR) is 14.7 cm³/mol. The van der Waals surface area contributed by atoms with Crippen LogP contribution in [0.4, 0.5) is 0 Å². The van der Waals surface area contributed by atoms with Crippen molar-refractivity contribution in [1.29, 1.82) is 0 Å².